The zero-order valence-electron chi connectivity index (χ0n) is 11.0. The first-order valence-corrected chi connectivity index (χ1v) is 6.08. The van der Waals surface area contributed by atoms with Crippen LogP contribution >= 0.6 is 0 Å². The van der Waals surface area contributed by atoms with Crippen LogP contribution in [-0.4, -0.2) is 31.3 Å². The molecule has 1 aromatic heterocycles. The van der Waals surface area contributed by atoms with E-state index in [2.05, 4.69) is 10.1 Å². The van der Waals surface area contributed by atoms with Crippen molar-refractivity contribution in [1.29, 1.82) is 0 Å². The lowest BCUT2D eigenvalue weighted by Crippen LogP contribution is -2.39. The van der Waals surface area contributed by atoms with Gasteiger partial charge >= 0.3 is 0 Å². The first kappa shape index (κ1) is 13.8. The van der Waals surface area contributed by atoms with Gasteiger partial charge in [-0.25, -0.2) is 9.67 Å². The first-order valence-electron chi connectivity index (χ1n) is 6.08. The van der Waals surface area contributed by atoms with Crippen molar-refractivity contribution in [2.24, 2.45) is 0 Å². The molecule has 5 nitrogen and oxygen atoms in total. The zero-order valence-corrected chi connectivity index (χ0v) is 11.0. The Morgan fingerprint density at radius 1 is 1.47 bits per heavy atom. The minimum atomic E-state index is -1.23. The van der Waals surface area contributed by atoms with Crippen LogP contribution in [0.15, 0.2) is 6.33 Å². The normalized spacial score (nSPS) is 12.1. The van der Waals surface area contributed by atoms with Crippen molar-refractivity contribution in [3.63, 3.8) is 0 Å². The van der Waals surface area contributed by atoms with Gasteiger partial charge in [0, 0.05) is 6.04 Å². The van der Waals surface area contributed by atoms with E-state index in [0.717, 1.165) is 0 Å². The van der Waals surface area contributed by atoms with Crippen LogP contribution in [0, 0.1) is 0 Å². The SMILES string of the molecule is CCC(O)(CC)C(=O)Cc1ncnn1C(C)C. The van der Waals surface area contributed by atoms with E-state index in [1.54, 1.807) is 4.68 Å². The molecule has 0 bridgehead atoms. The van der Waals surface area contributed by atoms with E-state index in [0.29, 0.717) is 18.7 Å². The Kier molecular flexibility index (Phi) is 4.40. The number of carbonyl (C=O) groups is 1. The van der Waals surface area contributed by atoms with Gasteiger partial charge in [-0.3, -0.25) is 4.79 Å². The Morgan fingerprint density at radius 2 is 2.06 bits per heavy atom. The molecule has 1 N–H and O–H groups in total. The van der Waals surface area contributed by atoms with Gasteiger partial charge in [0.25, 0.3) is 0 Å². The molecule has 5 heteroatoms. The molecular formula is C12H21N3O2. The van der Waals surface area contributed by atoms with Crippen LogP contribution in [0.2, 0.25) is 0 Å². The Labute approximate surface area is 102 Å². The third kappa shape index (κ3) is 2.91. The number of Topliss-reactive ketones (excluding diaryl/α,β-unsaturated/α-hetero) is 1. The van der Waals surface area contributed by atoms with Crippen molar-refractivity contribution in [1.82, 2.24) is 14.8 Å². The van der Waals surface area contributed by atoms with Crippen molar-refractivity contribution in [2.45, 2.75) is 58.6 Å². The summed E-state index contributed by atoms with van der Waals surface area (Å²) in [6.45, 7) is 7.59. The highest BCUT2D eigenvalue weighted by atomic mass is 16.3. The van der Waals surface area contributed by atoms with Gasteiger partial charge in [-0.15, -0.1) is 0 Å². The molecule has 1 heterocycles. The molecule has 0 aliphatic rings. The number of hydrogen-bond acceptors (Lipinski definition) is 4. The summed E-state index contributed by atoms with van der Waals surface area (Å²) in [4.78, 5) is 16.1. The molecule has 0 aliphatic heterocycles. The summed E-state index contributed by atoms with van der Waals surface area (Å²) < 4.78 is 1.71. The summed E-state index contributed by atoms with van der Waals surface area (Å²) in [6.07, 6.45) is 2.44. The van der Waals surface area contributed by atoms with E-state index in [-0.39, 0.29) is 18.2 Å². The number of nitrogens with zero attached hydrogens (tertiary/aromatic N) is 3. The van der Waals surface area contributed by atoms with Crippen molar-refractivity contribution in [3.05, 3.63) is 12.2 Å². The van der Waals surface area contributed by atoms with Crippen LogP contribution < -0.4 is 0 Å². The number of hydrogen-bond donors (Lipinski definition) is 1. The summed E-state index contributed by atoms with van der Waals surface area (Å²) in [5.41, 5.74) is -1.23. The zero-order chi connectivity index (χ0) is 13.1. The number of aromatic nitrogens is 3. The lowest BCUT2D eigenvalue weighted by Gasteiger charge is -2.23. The fraction of sp³-hybridized carbons (Fsp3) is 0.750. The predicted molar refractivity (Wildman–Crippen MR) is 64.6 cm³/mol. The second-order valence-corrected chi connectivity index (χ2v) is 4.55. The standard InChI is InChI=1S/C12H21N3O2/c1-5-12(17,6-2)10(16)7-11-13-8-14-15(11)9(3)4/h8-9,17H,5-7H2,1-4H3. The van der Waals surface area contributed by atoms with Gasteiger partial charge in [0.15, 0.2) is 5.78 Å². The molecule has 0 unspecified atom stereocenters. The third-order valence-corrected chi connectivity index (χ3v) is 3.14. The van der Waals surface area contributed by atoms with Crippen LogP contribution in [0.5, 0.6) is 0 Å². The van der Waals surface area contributed by atoms with Crippen molar-refractivity contribution in [3.8, 4) is 0 Å². The molecule has 0 radical (unpaired) electrons. The van der Waals surface area contributed by atoms with Gasteiger partial charge in [0.2, 0.25) is 0 Å². The van der Waals surface area contributed by atoms with E-state index >= 15 is 0 Å². The summed E-state index contributed by atoms with van der Waals surface area (Å²) in [6, 6.07) is 0.164. The van der Waals surface area contributed by atoms with Crippen molar-refractivity contribution in [2.75, 3.05) is 0 Å². The Morgan fingerprint density at radius 3 is 2.53 bits per heavy atom. The fourth-order valence-corrected chi connectivity index (χ4v) is 1.78. The summed E-state index contributed by atoms with van der Waals surface area (Å²) >= 11 is 0. The number of aliphatic hydroxyl groups is 1. The van der Waals surface area contributed by atoms with Crippen LogP contribution in [0.25, 0.3) is 0 Å². The van der Waals surface area contributed by atoms with Gasteiger partial charge in [0.1, 0.15) is 17.8 Å². The highest BCUT2D eigenvalue weighted by Crippen LogP contribution is 2.18. The molecule has 0 aliphatic carbocycles. The number of ketones is 1. The van der Waals surface area contributed by atoms with Crippen LogP contribution in [-0.2, 0) is 11.2 Å². The maximum Gasteiger partial charge on any atom is 0.171 e. The maximum absolute atomic E-state index is 12.0. The molecule has 0 fully saturated rings. The number of rotatable bonds is 6. The second kappa shape index (κ2) is 5.40. The van der Waals surface area contributed by atoms with Gasteiger partial charge in [-0.1, -0.05) is 13.8 Å². The molecule has 17 heavy (non-hydrogen) atoms. The smallest absolute Gasteiger partial charge is 0.171 e. The lowest BCUT2D eigenvalue weighted by molar-refractivity contribution is -0.137. The molecule has 0 spiro atoms. The average molecular weight is 239 g/mol. The van der Waals surface area contributed by atoms with Gasteiger partial charge < -0.3 is 5.11 Å². The van der Waals surface area contributed by atoms with Gasteiger partial charge in [0.05, 0.1) is 6.42 Å². The van der Waals surface area contributed by atoms with E-state index in [9.17, 15) is 9.90 Å². The van der Waals surface area contributed by atoms with E-state index < -0.39 is 5.60 Å². The maximum atomic E-state index is 12.0. The molecule has 0 aromatic carbocycles. The topological polar surface area (TPSA) is 68.0 Å². The predicted octanol–water partition coefficient (Wildman–Crippen LogP) is 1.52. The third-order valence-electron chi connectivity index (χ3n) is 3.14. The van der Waals surface area contributed by atoms with Crippen molar-refractivity contribution < 1.29 is 9.90 Å². The molecule has 96 valence electrons. The lowest BCUT2D eigenvalue weighted by atomic mass is 9.90. The van der Waals surface area contributed by atoms with E-state index in [1.807, 2.05) is 27.7 Å². The molecule has 1 rings (SSSR count). The highest BCUT2D eigenvalue weighted by molar-refractivity contribution is 5.88. The molecular weight excluding hydrogens is 218 g/mol. The van der Waals surface area contributed by atoms with E-state index in [4.69, 9.17) is 0 Å². The highest BCUT2D eigenvalue weighted by Gasteiger charge is 2.32. The minimum absolute atomic E-state index is 0.135. The summed E-state index contributed by atoms with van der Waals surface area (Å²) in [7, 11) is 0. The Hall–Kier alpha value is -1.23. The Bertz CT molecular complexity index is 381. The largest absolute Gasteiger partial charge is 0.382 e. The quantitative estimate of drug-likeness (QED) is 0.817. The van der Waals surface area contributed by atoms with Gasteiger partial charge in [-0.05, 0) is 26.7 Å². The minimum Gasteiger partial charge on any atom is -0.382 e. The van der Waals surface area contributed by atoms with Crippen LogP contribution in [0.3, 0.4) is 0 Å². The second-order valence-electron chi connectivity index (χ2n) is 4.55. The van der Waals surface area contributed by atoms with Crippen LogP contribution in [0.4, 0.5) is 0 Å². The van der Waals surface area contributed by atoms with E-state index in [1.165, 1.54) is 6.33 Å². The molecule has 0 atom stereocenters. The first-order chi connectivity index (χ1) is 7.94. The summed E-state index contributed by atoms with van der Waals surface area (Å²) in [5.74, 6) is 0.433. The average Bonchev–Trinajstić information content (AvgIpc) is 2.76. The molecule has 0 saturated carbocycles. The molecule has 0 amide bonds. The van der Waals surface area contributed by atoms with Crippen LogP contribution in [0.1, 0.15) is 52.4 Å². The van der Waals surface area contributed by atoms with Gasteiger partial charge in [-0.2, -0.15) is 5.10 Å². The van der Waals surface area contributed by atoms with Crippen molar-refractivity contribution >= 4 is 5.78 Å². The Balaban J connectivity index is 2.84. The molecule has 0 saturated heterocycles. The summed E-state index contributed by atoms with van der Waals surface area (Å²) in [5, 5.41) is 14.2. The molecule has 1 aromatic rings. The fourth-order valence-electron chi connectivity index (χ4n) is 1.78. The monoisotopic (exact) mass is 239 g/mol. The number of carbonyl (C=O) groups excluding carboxylic acids is 1.